The van der Waals surface area contributed by atoms with E-state index in [1.54, 1.807) is 72.2 Å². The predicted octanol–water partition coefficient (Wildman–Crippen LogP) is 6.04. The Morgan fingerprint density at radius 2 is 1.49 bits per heavy atom. The molecule has 0 saturated carbocycles. The number of carbonyl (C=O) groups is 2. The van der Waals surface area contributed by atoms with Gasteiger partial charge in [-0.15, -0.1) is 0 Å². The number of hydrogen-bond donors (Lipinski definition) is 0. The zero-order chi connectivity index (χ0) is 37.0. The summed E-state index contributed by atoms with van der Waals surface area (Å²) in [6.45, 7) is 8.46. The summed E-state index contributed by atoms with van der Waals surface area (Å²) in [7, 11) is 1.12. The minimum atomic E-state index is -3.90. The number of amides is 3. The van der Waals surface area contributed by atoms with Crippen LogP contribution in [0.1, 0.15) is 49.5 Å². The monoisotopic (exact) mass is 756 g/mol. The minimum Gasteiger partial charge on any atom is -0.493 e. The van der Waals surface area contributed by atoms with Crippen molar-refractivity contribution in [1.82, 2.24) is 23.9 Å². The van der Waals surface area contributed by atoms with Gasteiger partial charge in [0.05, 0.1) is 29.7 Å². The third-order valence-corrected chi connectivity index (χ3v) is 11.3. The standard InChI is InChI=1S/C37H46Cl2N6O5S/c1-7-50-32-17-16-30(51(48,49)42(6)23-25(2)3)22-31(32)36-40-34(26-8-12-28(38)13-9-26)35(27-10-14-29(39)15-11-27)45(36)37(47)44-20-18-43(19-21-44)24-33(46)41(4)5/h8-17,22,25,34-35H,7,18-21,23-24H2,1-6H3. The number of piperazine rings is 1. The maximum Gasteiger partial charge on any atom is 0.326 e. The summed E-state index contributed by atoms with van der Waals surface area (Å²) >= 11 is 12.6. The van der Waals surface area contributed by atoms with Crippen molar-refractivity contribution in [1.29, 1.82) is 0 Å². The number of benzene rings is 3. The van der Waals surface area contributed by atoms with E-state index in [1.165, 1.54) is 10.4 Å². The highest BCUT2D eigenvalue weighted by Crippen LogP contribution is 2.46. The summed E-state index contributed by atoms with van der Waals surface area (Å²) in [5.41, 5.74) is 1.99. The smallest absolute Gasteiger partial charge is 0.326 e. The quantitative estimate of drug-likeness (QED) is 0.236. The molecule has 1 saturated heterocycles. The first-order valence-corrected chi connectivity index (χ1v) is 19.2. The average Bonchev–Trinajstić information content (AvgIpc) is 3.49. The topological polar surface area (TPSA) is 106 Å². The number of rotatable bonds is 11. The summed E-state index contributed by atoms with van der Waals surface area (Å²) in [6.07, 6.45) is 0. The van der Waals surface area contributed by atoms with Crippen LogP contribution < -0.4 is 4.74 Å². The van der Waals surface area contributed by atoms with Crippen LogP contribution in [-0.4, -0.2) is 117 Å². The van der Waals surface area contributed by atoms with Gasteiger partial charge in [0.15, 0.2) is 0 Å². The molecule has 11 nitrogen and oxygen atoms in total. The number of nitrogens with zero attached hydrogens (tertiary/aromatic N) is 6. The molecule has 51 heavy (non-hydrogen) atoms. The normalized spacial score (nSPS) is 18.4. The first-order valence-electron chi connectivity index (χ1n) is 17.0. The van der Waals surface area contributed by atoms with Gasteiger partial charge in [-0.25, -0.2) is 17.5 Å². The van der Waals surface area contributed by atoms with Crippen LogP contribution in [0, 0.1) is 5.92 Å². The van der Waals surface area contributed by atoms with E-state index in [0.29, 0.717) is 60.7 Å². The number of sulfonamides is 1. The molecule has 2 aliphatic rings. The number of hydrogen-bond acceptors (Lipinski definition) is 7. The molecule has 0 bridgehead atoms. The number of aliphatic imine (C=N–C) groups is 1. The largest absolute Gasteiger partial charge is 0.493 e. The molecule has 274 valence electrons. The van der Waals surface area contributed by atoms with Crippen LogP contribution >= 0.6 is 23.2 Å². The average molecular weight is 758 g/mol. The molecule has 3 aromatic rings. The number of amidine groups is 1. The Bertz CT molecular complexity index is 1850. The van der Waals surface area contributed by atoms with E-state index in [2.05, 4.69) is 0 Å². The molecular weight excluding hydrogens is 711 g/mol. The zero-order valence-corrected chi connectivity index (χ0v) is 32.2. The number of likely N-dealkylation sites (N-methyl/N-ethyl adjacent to an activating group) is 1. The van der Waals surface area contributed by atoms with Crippen LogP contribution in [0.15, 0.2) is 76.6 Å². The summed E-state index contributed by atoms with van der Waals surface area (Å²) < 4.78 is 35.1. The molecular formula is C37H46Cl2N6O5S. The molecule has 3 amide bonds. The van der Waals surface area contributed by atoms with Gasteiger partial charge in [-0.2, -0.15) is 0 Å². The van der Waals surface area contributed by atoms with Crippen LogP contribution in [0.3, 0.4) is 0 Å². The van der Waals surface area contributed by atoms with Gasteiger partial charge in [0.2, 0.25) is 15.9 Å². The second-order valence-corrected chi connectivity index (χ2v) is 16.3. The Morgan fingerprint density at radius 3 is 2.04 bits per heavy atom. The maximum atomic E-state index is 14.9. The molecule has 0 aromatic heterocycles. The molecule has 2 heterocycles. The fraction of sp³-hybridized carbons (Fsp3) is 0.432. The SMILES string of the molecule is CCOc1ccc(S(=O)(=O)N(C)CC(C)C)cc1C1=NC(c2ccc(Cl)cc2)C(c2ccc(Cl)cc2)N1C(=O)N1CCN(CC(=O)N(C)C)CC1. The van der Waals surface area contributed by atoms with E-state index in [1.807, 2.05) is 49.9 Å². The molecule has 2 unspecified atom stereocenters. The Morgan fingerprint density at radius 1 is 0.902 bits per heavy atom. The molecule has 0 spiro atoms. The molecule has 0 aliphatic carbocycles. The number of ether oxygens (including phenoxy) is 1. The highest BCUT2D eigenvalue weighted by atomic mass is 35.5. The first kappa shape index (κ1) is 38.5. The van der Waals surface area contributed by atoms with Crippen LogP contribution in [0.4, 0.5) is 4.79 Å². The van der Waals surface area contributed by atoms with Gasteiger partial charge in [-0.05, 0) is 66.4 Å². The minimum absolute atomic E-state index is 0.00493. The lowest BCUT2D eigenvalue weighted by atomic mass is 9.93. The third kappa shape index (κ3) is 8.69. The number of halogens is 2. The van der Waals surface area contributed by atoms with Gasteiger partial charge < -0.3 is 14.5 Å². The Kier molecular flexibility index (Phi) is 12.3. The van der Waals surface area contributed by atoms with Crippen LogP contribution in [0.25, 0.3) is 0 Å². The fourth-order valence-corrected chi connectivity index (χ4v) is 7.97. The lowest BCUT2D eigenvalue weighted by Crippen LogP contribution is -2.55. The van der Waals surface area contributed by atoms with Crippen LogP contribution in [-0.2, 0) is 14.8 Å². The third-order valence-electron chi connectivity index (χ3n) is 9.02. The second-order valence-electron chi connectivity index (χ2n) is 13.4. The van der Waals surface area contributed by atoms with Crippen molar-refractivity contribution in [3.05, 3.63) is 93.5 Å². The summed E-state index contributed by atoms with van der Waals surface area (Å²) in [6, 6.07) is 17.9. The van der Waals surface area contributed by atoms with E-state index in [-0.39, 0.29) is 35.1 Å². The van der Waals surface area contributed by atoms with Crippen LogP contribution in [0.5, 0.6) is 5.75 Å². The Balaban J connectivity index is 1.65. The molecule has 0 N–H and O–H groups in total. The van der Waals surface area contributed by atoms with Crippen molar-refractivity contribution in [2.24, 2.45) is 10.9 Å². The highest BCUT2D eigenvalue weighted by Gasteiger charge is 2.45. The fourth-order valence-electron chi connectivity index (χ4n) is 6.35. The van der Waals surface area contributed by atoms with Gasteiger partial charge in [0.1, 0.15) is 17.6 Å². The van der Waals surface area contributed by atoms with Crippen molar-refractivity contribution in [3.8, 4) is 5.75 Å². The summed E-state index contributed by atoms with van der Waals surface area (Å²) in [4.78, 5) is 39.7. The van der Waals surface area contributed by atoms with Crippen LogP contribution in [0.2, 0.25) is 10.0 Å². The van der Waals surface area contributed by atoms with Crippen molar-refractivity contribution in [2.45, 2.75) is 37.8 Å². The molecule has 1 fully saturated rings. The van der Waals surface area contributed by atoms with Crippen molar-refractivity contribution < 1.29 is 22.7 Å². The van der Waals surface area contributed by atoms with Gasteiger partial charge in [-0.1, -0.05) is 61.3 Å². The lowest BCUT2D eigenvalue weighted by Gasteiger charge is -2.39. The molecule has 14 heteroatoms. The highest BCUT2D eigenvalue weighted by molar-refractivity contribution is 7.89. The van der Waals surface area contributed by atoms with Crippen molar-refractivity contribution >= 4 is 51.0 Å². The zero-order valence-electron chi connectivity index (χ0n) is 29.9. The summed E-state index contributed by atoms with van der Waals surface area (Å²) in [5, 5.41) is 1.11. The second kappa shape index (κ2) is 16.3. The molecule has 3 aromatic carbocycles. The van der Waals surface area contributed by atoms with Crippen molar-refractivity contribution in [3.63, 3.8) is 0 Å². The summed E-state index contributed by atoms with van der Waals surface area (Å²) in [5.74, 6) is 0.797. The van der Waals surface area contributed by atoms with E-state index in [4.69, 9.17) is 32.9 Å². The number of carbonyl (C=O) groups excluding carboxylic acids is 2. The van der Waals surface area contributed by atoms with E-state index in [0.717, 1.165) is 11.1 Å². The van der Waals surface area contributed by atoms with Gasteiger partial charge in [0.25, 0.3) is 0 Å². The molecule has 2 atom stereocenters. The molecule has 0 radical (unpaired) electrons. The van der Waals surface area contributed by atoms with Crippen molar-refractivity contribution in [2.75, 3.05) is 67.0 Å². The van der Waals surface area contributed by atoms with E-state index < -0.39 is 22.1 Å². The maximum absolute atomic E-state index is 14.9. The Hall–Kier alpha value is -3.68. The van der Waals surface area contributed by atoms with Gasteiger partial charge >= 0.3 is 6.03 Å². The van der Waals surface area contributed by atoms with Gasteiger partial charge in [-0.3, -0.25) is 19.6 Å². The Labute approximate surface area is 311 Å². The molecule has 5 rings (SSSR count). The lowest BCUT2D eigenvalue weighted by molar-refractivity contribution is -0.130. The molecule has 2 aliphatic heterocycles. The van der Waals surface area contributed by atoms with Gasteiger partial charge in [0, 0.05) is 63.9 Å². The first-order chi connectivity index (χ1) is 24.2. The van der Waals surface area contributed by atoms with E-state index >= 15 is 0 Å². The van der Waals surface area contributed by atoms with E-state index in [9.17, 15) is 18.0 Å². The predicted molar refractivity (Wildman–Crippen MR) is 201 cm³/mol. The number of urea groups is 1.